The predicted octanol–water partition coefficient (Wildman–Crippen LogP) is 5.59. The molecule has 0 aliphatic heterocycles. The second-order valence-electron chi connectivity index (χ2n) is 8.41. The van der Waals surface area contributed by atoms with Crippen LogP contribution in [0.25, 0.3) is 22.0 Å². The normalized spacial score (nSPS) is 11.0. The number of methoxy groups -OCH3 is 2. The topological polar surface area (TPSA) is 97.8 Å². The molecule has 1 amide bonds. The van der Waals surface area contributed by atoms with E-state index < -0.39 is 5.91 Å². The van der Waals surface area contributed by atoms with Crippen molar-refractivity contribution in [2.24, 2.45) is 5.10 Å². The van der Waals surface area contributed by atoms with Crippen LogP contribution in [0, 0.1) is 0 Å². The molecule has 0 aliphatic rings. The monoisotopic (exact) mass is 506 g/mol. The number of fused-ring (bicyclic) bond motifs is 1. The van der Waals surface area contributed by atoms with E-state index in [9.17, 15) is 4.79 Å². The fraction of sp³-hybridized carbons (Fsp3) is 0.100. The summed E-state index contributed by atoms with van der Waals surface area (Å²) in [7, 11) is 3.20. The third-order valence-corrected chi connectivity index (χ3v) is 5.99. The predicted molar refractivity (Wildman–Crippen MR) is 147 cm³/mol. The molecule has 0 bridgehead atoms. The van der Waals surface area contributed by atoms with E-state index in [-0.39, 0.29) is 5.69 Å². The number of nitrogens with zero attached hydrogens (tertiary/aromatic N) is 2. The van der Waals surface area contributed by atoms with Gasteiger partial charge in [0, 0.05) is 0 Å². The smallest absolute Gasteiger partial charge is 0.289 e. The van der Waals surface area contributed by atoms with Gasteiger partial charge in [-0.25, -0.2) is 5.43 Å². The molecule has 1 heterocycles. The molecule has 38 heavy (non-hydrogen) atoms. The summed E-state index contributed by atoms with van der Waals surface area (Å²) in [5, 5.41) is 13.3. The highest BCUT2D eigenvalue weighted by Gasteiger charge is 2.16. The molecule has 190 valence electrons. The molecule has 1 aromatic heterocycles. The van der Waals surface area contributed by atoms with Crippen LogP contribution in [0.2, 0.25) is 0 Å². The molecule has 2 N–H and O–H groups in total. The Balaban J connectivity index is 1.29. The highest BCUT2D eigenvalue weighted by atomic mass is 16.5. The highest BCUT2D eigenvalue weighted by Crippen LogP contribution is 2.36. The number of rotatable bonds is 9. The molecule has 0 spiro atoms. The van der Waals surface area contributed by atoms with Crippen molar-refractivity contribution in [2.45, 2.75) is 6.61 Å². The van der Waals surface area contributed by atoms with E-state index in [1.54, 1.807) is 32.4 Å². The van der Waals surface area contributed by atoms with Gasteiger partial charge in [0.1, 0.15) is 18.1 Å². The summed E-state index contributed by atoms with van der Waals surface area (Å²) in [5.41, 5.74) is 6.00. The molecule has 0 saturated heterocycles. The zero-order chi connectivity index (χ0) is 26.3. The number of aromatic nitrogens is 2. The van der Waals surface area contributed by atoms with Crippen LogP contribution in [0.4, 0.5) is 0 Å². The first-order valence-electron chi connectivity index (χ1n) is 12.0. The zero-order valence-corrected chi connectivity index (χ0v) is 21.0. The average molecular weight is 507 g/mol. The first-order chi connectivity index (χ1) is 18.7. The Morgan fingerprint density at radius 1 is 0.895 bits per heavy atom. The van der Waals surface area contributed by atoms with Gasteiger partial charge in [-0.3, -0.25) is 9.89 Å². The van der Waals surface area contributed by atoms with Gasteiger partial charge in [0.25, 0.3) is 5.91 Å². The summed E-state index contributed by atoms with van der Waals surface area (Å²) in [4.78, 5) is 12.8. The lowest BCUT2D eigenvalue weighted by molar-refractivity contribution is 0.0950. The molecule has 0 saturated carbocycles. The summed E-state index contributed by atoms with van der Waals surface area (Å²) in [5.74, 6) is 1.43. The van der Waals surface area contributed by atoms with Crippen LogP contribution in [-0.4, -0.2) is 36.5 Å². The van der Waals surface area contributed by atoms with Crippen molar-refractivity contribution < 1.29 is 19.0 Å². The number of carbonyl (C=O) groups excluding carboxylic acids is 1. The number of H-pyrrole nitrogens is 1. The summed E-state index contributed by atoms with van der Waals surface area (Å²) < 4.78 is 16.9. The third-order valence-electron chi connectivity index (χ3n) is 5.99. The van der Waals surface area contributed by atoms with Crippen molar-refractivity contribution in [2.75, 3.05) is 14.2 Å². The maximum atomic E-state index is 12.8. The van der Waals surface area contributed by atoms with Gasteiger partial charge in [0.05, 0.1) is 31.7 Å². The minimum atomic E-state index is -0.423. The number of nitrogens with one attached hydrogen (secondary N) is 2. The first-order valence-corrected chi connectivity index (χ1v) is 12.0. The van der Waals surface area contributed by atoms with Gasteiger partial charge in [-0.15, -0.1) is 0 Å². The van der Waals surface area contributed by atoms with Crippen LogP contribution in [0.5, 0.6) is 17.2 Å². The van der Waals surface area contributed by atoms with Gasteiger partial charge in [0.2, 0.25) is 0 Å². The number of carbonyl (C=O) groups is 1. The van der Waals surface area contributed by atoms with Gasteiger partial charge >= 0.3 is 0 Å². The van der Waals surface area contributed by atoms with Crippen molar-refractivity contribution >= 4 is 22.9 Å². The van der Waals surface area contributed by atoms with E-state index in [1.807, 2.05) is 72.8 Å². The maximum Gasteiger partial charge on any atom is 0.289 e. The standard InChI is InChI=1S/C30H26N4O4/c1-36-26-14-12-21(16-28(26)38-19-20-8-4-3-5-9-20)18-31-34-30(35)25-17-24(32-33-25)29-23-11-7-6-10-22(23)13-15-27(29)37-2/h3-18H,19H2,1-2H3,(H,32,33)(H,34,35)/b31-18+. The molecule has 0 aliphatic carbocycles. The molecule has 4 aromatic carbocycles. The number of hydrogen-bond acceptors (Lipinski definition) is 6. The van der Waals surface area contributed by atoms with E-state index in [1.165, 1.54) is 6.21 Å². The quantitative estimate of drug-likeness (QED) is 0.201. The minimum Gasteiger partial charge on any atom is -0.496 e. The number of hydrazone groups is 1. The number of benzene rings is 4. The number of aromatic amines is 1. The average Bonchev–Trinajstić information content (AvgIpc) is 3.46. The summed E-state index contributed by atoms with van der Waals surface area (Å²) >= 11 is 0. The Bertz CT molecular complexity index is 1600. The summed E-state index contributed by atoms with van der Waals surface area (Å²) in [6.07, 6.45) is 1.54. The molecular weight excluding hydrogens is 480 g/mol. The molecule has 5 rings (SSSR count). The van der Waals surface area contributed by atoms with Crippen molar-refractivity contribution in [3.8, 4) is 28.5 Å². The highest BCUT2D eigenvalue weighted by molar-refractivity contribution is 6.00. The number of ether oxygens (including phenoxy) is 3. The van der Waals surface area contributed by atoms with Crippen LogP contribution in [0.3, 0.4) is 0 Å². The van der Waals surface area contributed by atoms with Crippen LogP contribution < -0.4 is 19.6 Å². The SMILES string of the molecule is COc1ccc(/C=N/NC(=O)c2cc(-c3c(OC)ccc4ccccc34)n[nH]2)cc1OCc1ccccc1. The van der Waals surface area contributed by atoms with Crippen LogP contribution in [0.15, 0.2) is 96.1 Å². The van der Waals surface area contributed by atoms with Gasteiger partial charge < -0.3 is 14.2 Å². The van der Waals surface area contributed by atoms with Gasteiger partial charge in [0.15, 0.2) is 11.5 Å². The molecule has 8 heteroatoms. The lowest BCUT2D eigenvalue weighted by Crippen LogP contribution is -2.18. The molecule has 0 unspecified atom stereocenters. The van der Waals surface area contributed by atoms with E-state index in [4.69, 9.17) is 14.2 Å². The van der Waals surface area contributed by atoms with Crippen LogP contribution in [-0.2, 0) is 6.61 Å². The second-order valence-corrected chi connectivity index (χ2v) is 8.41. The lowest BCUT2D eigenvalue weighted by atomic mass is 10.0. The van der Waals surface area contributed by atoms with Gasteiger partial charge in [-0.2, -0.15) is 10.2 Å². The van der Waals surface area contributed by atoms with Crippen LogP contribution in [0.1, 0.15) is 21.6 Å². The summed E-state index contributed by atoms with van der Waals surface area (Å²) in [6, 6.07) is 28.8. The Morgan fingerprint density at radius 2 is 1.66 bits per heavy atom. The van der Waals surface area contributed by atoms with E-state index >= 15 is 0 Å². The fourth-order valence-corrected chi connectivity index (χ4v) is 4.10. The third kappa shape index (κ3) is 5.34. The Kier molecular flexibility index (Phi) is 7.31. The van der Waals surface area contributed by atoms with Gasteiger partial charge in [-0.05, 0) is 52.2 Å². The molecule has 0 radical (unpaired) electrons. The van der Waals surface area contributed by atoms with E-state index in [0.29, 0.717) is 29.5 Å². The second kappa shape index (κ2) is 11.3. The Hall–Kier alpha value is -5.11. The van der Waals surface area contributed by atoms with Crippen molar-refractivity contribution in [3.05, 3.63) is 108 Å². The lowest BCUT2D eigenvalue weighted by Gasteiger charge is -2.11. The van der Waals surface area contributed by atoms with Gasteiger partial charge in [-0.1, -0.05) is 60.7 Å². The van der Waals surface area contributed by atoms with Crippen molar-refractivity contribution in [3.63, 3.8) is 0 Å². The molecule has 0 atom stereocenters. The molecule has 5 aromatic rings. The molecule has 8 nitrogen and oxygen atoms in total. The van der Waals surface area contributed by atoms with Crippen LogP contribution >= 0.6 is 0 Å². The first kappa shape index (κ1) is 24.6. The summed E-state index contributed by atoms with van der Waals surface area (Å²) in [6.45, 7) is 0.401. The maximum absolute atomic E-state index is 12.8. The zero-order valence-electron chi connectivity index (χ0n) is 21.0. The van der Waals surface area contributed by atoms with E-state index in [2.05, 4.69) is 20.7 Å². The largest absolute Gasteiger partial charge is 0.496 e. The fourth-order valence-electron chi connectivity index (χ4n) is 4.10. The minimum absolute atomic E-state index is 0.272. The van der Waals surface area contributed by atoms with Crippen molar-refractivity contribution in [1.29, 1.82) is 0 Å². The Labute approximate surface area is 219 Å². The molecule has 0 fully saturated rings. The van der Waals surface area contributed by atoms with E-state index in [0.717, 1.165) is 27.5 Å². The number of amides is 1. The Morgan fingerprint density at radius 3 is 2.47 bits per heavy atom. The molecular formula is C30H26N4O4. The van der Waals surface area contributed by atoms with Crippen molar-refractivity contribution in [1.82, 2.24) is 15.6 Å². The number of hydrogen-bond donors (Lipinski definition) is 2.